The fraction of sp³-hybridized carbons (Fsp3) is 0.400. The van der Waals surface area contributed by atoms with Gasteiger partial charge in [0.25, 0.3) is 5.91 Å². The summed E-state index contributed by atoms with van der Waals surface area (Å²) in [6.45, 7) is 0. The van der Waals surface area contributed by atoms with E-state index in [0.717, 1.165) is 0 Å². The van der Waals surface area contributed by atoms with E-state index in [4.69, 9.17) is 11.6 Å². The Morgan fingerprint density at radius 2 is 2.20 bits per heavy atom. The number of amides is 1. The Hall–Kier alpha value is -0.900. The molecule has 54 valence electrons. The molecule has 0 bridgehead atoms. The Balaban J connectivity index is 2.66. The first-order valence-electron chi connectivity index (χ1n) is 2.64. The van der Waals surface area contributed by atoms with Crippen LogP contribution in [-0.4, -0.2) is 23.0 Å². The summed E-state index contributed by atoms with van der Waals surface area (Å²) in [5.41, 5.74) is 0. The van der Waals surface area contributed by atoms with Crippen molar-refractivity contribution in [2.75, 3.05) is 0 Å². The Morgan fingerprint density at radius 1 is 1.60 bits per heavy atom. The lowest BCUT2D eigenvalue weighted by atomic mass is 10.2. The maximum absolute atomic E-state index is 10.5. The van der Waals surface area contributed by atoms with E-state index >= 15 is 0 Å². The molecule has 1 aliphatic heterocycles. The zero-order valence-electron chi connectivity index (χ0n) is 4.89. The van der Waals surface area contributed by atoms with Crippen LogP contribution in [0.4, 0.5) is 0 Å². The van der Waals surface area contributed by atoms with Crippen LogP contribution >= 0.6 is 11.6 Å². The fourth-order valence-corrected chi connectivity index (χ4v) is 0.837. The standard InChI is InChI=1S/C5H4ClNO3/c6-4(9)2-1-3(8)5(10)7-2/h2H,1H2,(H,7,10). The van der Waals surface area contributed by atoms with Gasteiger partial charge in [0.15, 0.2) is 0 Å². The first-order chi connectivity index (χ1) is 4.61. The highest BCUT2D eigenvalue weighted by Gasteiger charge is 2.33. The molecule has 0 aromatic heterocycles. The topological polar surface area (TPSA) is 63.2 Å². The Bertz CT molecular complexity index is 197. The molecular weight excluding hydrogens is 158 g/mol. The first-order valence-corrected chi connectivity index (χ1v) is 3.02. The molecule has 4 nitrogen and oxygen atoms in total. The highest BCUT2D eigenvalue weighted by Crippen LogP contribution is 2.05. The third-order valence-corrected chi connectivity index (χ3v) is 1.49. The van der Waals surface area contributed by atoms with Crippen molar-refractivity contribution in [1.29, 1.82) is 0 Å². The fourth-order valence-electron chi connectivity index (χ4n) is 0.705. The van der Waals surface area contributed by atoms with Gasteiger partial charge in [-0.1, -0.05) is 0 Å². The highest BCUT2D eigenvalue weighted by atomic mass is 35.5. The minimum atomic E-state index is -0.804. The molecule has 1 amide bonds. The molecule has 1 unspecified atom stereocenters. The third-order valence-electron chi connectivity index (χ3n) is 1.22. The molecular formula is C5H4ClNO3. The molecule has 1 heterocycles. The molecule has 0 saturated carbocycles. The molecule has 10 heavy (non-hydrogen) atoms. The van der Waals surface area contributed by atoms with Gasteiger partial charge in [-0.3, -0.25) is 14.4 Å². The van der Waals surface area contributed by atoms with Crippen LogP contribution in [0.3, 0.4) is 0 Å². The molecule has 0 aliphatic carbocycles. The van der Waals surface area contributed by atoms with E-state index in [-0.39, 0.29) is 6.42 Å². The van der Waals surface area contributed by atoms with E-state index < -0.39 is 23.0 Å². The summed E-state index contributed by atoms with van der Waals surface area (Å²) in [4.78, 5) is 31.2. The smallest absolute Gasteiger partial charge is 0.288 e. The number of carbonyl (C=O) groups excluding carboxylic acids is 3. The minimum absolute atomic E-state index is 0.110. The van der Waals surface area contributed by atoms with Crippen LogP contribution in [0.1, 0.15) is 6.42 Å². The van der Waals surface area contributed by atoms with Crippen LogP contribution in [0.25, 0.3) is 0 Å². The van der Waals surface area contributed by atoms with Gasteiger partial charge >= 0.3 is 0 Å². The average Bonchev–Trinajstić information content (AvgIpc) is 2.13. The van der Waals surface area contributed by atoms with Gasteiger partial charge in [-0.15, -0.1) is 0 Å². The van der Waals surface area contributed by atoms with Crippen molar-refractivity contribution in [1.82, 2.24) is 5.32 Å². The summed E-state index contributed by atoms with van der Waals surface area (Å²) < 4.78 is 0. The van der Waals surface area contributed by atoms with Crippen molar-refractivity contribution < 1.29 is 14.4 Å². The first kappa shape index (κ1) is 7.21. The highest BCUT2D eigenvalue weighted by molar-refractivity contribution is 6.65. The number of hydrogen-bond donors (Lipinski definition) is 1. The van der Waals surface area contributed by atoms with Crippen LogP contribution in [-0.2, 0) is 14.4 Å². The van der Waals surface area contributed by atoms with E-state index in [9.17, 15) is 14.4 Å². The van der Waals surface area contributed by atoms with Gasteiger partial charge in [0.1, 0.15) is 6.04 Å². The lowest BCUT2D eigenvalue weighted by Crippen LogP contribution is -2.30. The van der Waals surface area contributed by atoms with Crippen LogP contribution in [0.15, 0.2) is 0 Å². The lowest BCUT2D eigenvalue weighted by Gasteiger charge is -1.98. The van der Waals surface area contributed by atoms with Gasteiger partial charge < -0.3 is 5.32 Å². The predicted octanol–water partition coefficient (Wildman–Crippen LogP) is -0.791. The van der Waals surface area contributed by atoms with Crippen LogP contribution in [0.2, 0.25) is 0 Å². The summed E-state index contributed by atoms with van der Waals surface area (Å²) in [6.07, 6.45) is -0.110. The summed E-state index contributed by atoms with van der Waals surface area (Å²) in [7, 11) is 0. The monoisotopic (exact) mass is 161 g/mol. The van der Waals surface area contributed by atoms with E-state index in [0.29, 0.717) is 0 Å². The molecule has 0 radical (unpaired) electrons. The Kier molecular flexibility index (Phi) is 1.72. The molecule has 0 aromatic carbocycles. The van der Waals surface area contributed by atoms with E-state index in [1.807, 2.05) is 0 Å². The van der Waals surface area contributed by atoms with E-state index in [2.05, 4.69) is 5.32 Å². The molecule has 1 atom stereocenters. The van der Waals surface area contributed by atoms with Crippen LogP contribution < -0.4 is 5.32 Å². The summed E-state index contributed by atoms with van der Waals surface area (Å²) in [5, 5.41) is 1.44. The van der Waals surface area contributed by atoms with Crippen molar-refractivity contribution in [2.45, 2.75) is 12.5 Å². The summed E-state index contributed by atoms with van der Waals surface area (Å²) in [5.74, 6) is -1.31. The maximum Gasteiger partial charge on any atom is 0.288 e. The number of nitrogens with one attached hydrogen (secondary N) is 1. The molecule has 1 saturated heterocycles. The summed E-state index contributed by atoms with van der Waals surface area (Å²) in [6, 6.07) is -0.804. The van der Waals surface area contributed by atoms with Crippen LogP contribution in [0.5, 0.6) is 0 Å². The minimum Gasteiger partial charge on any atom is -0.338 e. The second-order valence-corrected chi connectivity index (χ2v) is 2.33. The number of hydrogen-bond acceptors (Lipinski definition) is 3. The number of Topliss-reactive ketones (excluding diaryl/α,β-unsaturated/α-hetero) is 1. The Labute approximate surface area is 61.5 Å². The lowest BCUT2D eigenvalue weighted by molar-refractivity contribution is -0.135. The molecule has 0 spiro atoms. The normalized spacial score (nSPS) is 24.7. The predicted molar refractivity (Wildman–Crippen MR) is 32.4 cm³/mol. The maximum atomic E-state index is 10.5. The van der Waals surface area contributed by atoms with Gasteiger partial charge in [0, 0.05) is 6.42 Å². The average molecular weight is 162 g/mol. The van der Waals surface area contributed by atoms with Gasteiger partial charge in [-0.2, -0.15) is 0 Å². The molecule has 1 fully saturated rings. The zero-order chi connectivity index (χ0) is 7.72. The SMILES string of the molecule is O=C1CC(C(=O)Cl)NC1=O. The number of carbonyl (C=O) groups is 3. The quantitative estimate of drug-likeness (QED) is 0.405. The summed E-state index contributed by atoms with van der Waals surface area (Å²) >= 11 is 5.01. The van der Waals surface area contributed by atoms with Gasteiger partial charge in [-0.25, -0.2) is 0 Å². The Morgan fingerprint density at radius 3 is 2.40 bits per heavy atom. The van der Waals surface area contributed by atoms with Gasteiger partial charge in [-0.05, 0) is 11.6 Å². The van der Waals surface area contributed by atoms with Gasteiger partial charge in [0.05, 0.1) is 0 Å². The molecule has 0 aromatic rings. The van der Waals surface area contributed by atoms with Crippen molar-refractivity contribution in [2.24, 2.45) is 0 Å². The third kappa shape index (κ3) is 1.16. The van der Waals surface area contributed by atoms with Crippen molar-refractivity contribution in [3.05, 3.63) is 0 Å². The molecule has 1 N–H and O–H groups in total. The number of halogens is 1. The van der Waals surface area contributed by atoms with Gasteiger partial charge in [0.2, 0.25) is 11.0 Å². The van der Waals surface area contributed by atoms with Crippen molar-refractivity contribution >= 4 is 28.5 Å². The zero-order valence-corrected chi connectivity index (χ0v) is 5.64. The number of ketones is 1. The van der Waals surface area contributed by atoms with E-state index in [1.165, 1.54) is 0 Å². The molecule has 5 heteroatoms. The second-order valence-electron chi connectivity index (χ2n) is 1.96. The van der Waals surface area contributed by atoms with Crippen molar-refractivity contribution in [3.8, 4) is 0 Å². The second kappa shape index (κ2) is 2.38. The van der Waals surface area contributed by atoms with E-state index in [1.54, 1.807) is 0 Å². The number of rotatable bonds is 1. The largest absolute Gasteiger partial charge is 0.338 e. The van der Waals surface area contributed by atoms with Crippen molar-refractivity contribution in [3.63, 3.8) is 0 Å². The molecule has 1 rings (SSSR count). The molecule has 1 aliphatic rings. The van der Waals surface area contributed by atoms with Crippen LogP contribution in [0, 0.1) is 0 Å².